The molecule has 0 saturated carbocycles. The zero-order chi connectivity index (χ0) is 14.0. The van der Waals surface area contributed by atoms with Crippen molar-refractivity contribution in [2.75, 3.05) is 5.73 Å². The first-order valence-electron chi connectivity index (χ1n) is 6.12. The molecule has 0 radical (unpaired) electrons. The van der Waals surface area contributed by atoms with Crippen LogP contribution in [0.3, 0.4) is 0 Å². The number of anilines is 1. The number of nitrogen functional groups attached to an aromatic ring is 1. The van der Waals surface area contributed by atoms with E-state index in [2.05, 4.69) is 23.2 Å². The lowest BCUT2D eigenvalue weighted by Gasteiger charge is -2.14. The van der Waals surface area contributed by atoms with Crippen molar-refractivity contribution in [3.05, 3.63) is 57.7 Å². The molecule has 2 rings (SSSR count). The Kier molecular flexibility index (Phi) is 4.08. The largest absolute Gasteiger partial charge is 0.388 e. The molecule has 0 aliphatic carbocycles. The highest BCUT2D eigenvalue weighted by Gasteiger charge is 2.14. The summed E-state index contributed by atoms with van der Waals surface area (Å²) in [5.74, 6) is 0.321. The highest BCUT2D eigenvalue weighted by molar-refractivity contribution is 6.30. The highest BCUT2D eigenvalue weighted by atomic mass is 35.5. The predicted octanol–water partition coefficient (Wildman–Crippen LogP) is 3.21. The van der Waals surface area contributed by atoms with E-state index in [0.717, 1.165) is 5.56 Å². The van der Waals surface area contributed by atoms with Crippen molar-refractivity contribution in [3.8, 4) is 0 Å². The fraction of sp³-hybridized carbons (Fsp3) is 0.267. The molecule has 0 bridgehead atoms. The number of aliphatic hydroxyl groups is 1. The summed E-state index contributed by atoms with van der Waals surface area (Å²) in [5, 5.41) is 10.8. The SMILES string of the molecule is Cc1cc(C)cc(CC(O)c2cc(Cl)cnc2N)c1. The molecule has 1 aromatic carbocycles. The Morgan fingerprint density at radius 2 is 1.84 bits per heavy atom. The summed E-state index contributed by atoms with van der Waals surface area (Å²) in [5.41, 5.74) is 9.78. The average molecular weight is 277 g/mol. The van der Waals surface area contributed by atoms with Gasteiger partial charge in [0, 0.05) is 18.2 Å². The maximum atomic E-state index is 10.3. The number of nitrogens with zero attached hydrogens (tertiary/aromatic N) is 1. The van der Waals surface area contributed by atoms with Crippen LogP contribution in [0.5, 0.6) is 0 Å². The Hall–Kier alpha value is -1.58. The number of aromatic nitrogens is 1. The minimum atomic E-state index is -0.701. The van der Waals surface area contributed by atoms with Gasteiger partial charge in [-0.3, -0.25) is 0 Å². The number of rotatable bonds is 3. The van der Waals surface area contributed by atoms with Crippen LogP contribution in [-0.2, 0) is 6.42 Å². The molecule has 0 aliphatic rings. The molecule has 0 aliphatic heterocycles. The number of benzene rings is 1. The number of hydrogen-bond acceptors (Lipinski definition) is 3. The van der Waals surface area contributed by atoms with Crippen molar-refractivity contribution in [1.82, 2.24) is 4.98 Å². The summed E-state index contributed by atoms with van der Waals surface area (Å²) in [7, 11) is 0. The zero-order valence-electron chi connectivity index (χ0n) is 11.0. The Bertz CT molecular complexity index is 578. The summed E-state index contributed by atoms with van der Waals surface area (Å²) in [6, 6.07) is 7.89. The van der Waals surface area contributed by atoms with Crippen LogP contribution < -0.4 is 5.73 Å². The molecule has 3 nitrogen and oxygen atoms in total. The van der Waals surface area contributed by atoms with Gasteiger partial charge in [0.05, 0.1) is 11.1 Å². The number of aryl methyl sites for hydroxylation is 2. The smallest absolute Gasteiger partial charge is 0.129 e. The molecule has 2 aromatic rings. The van der Waals surface area contributed by atoms with E-state index in [9.17, 15) is 5.11 Å². The highest BCUT2D eigenvalue weighted by Crippen LogP contribution is 2.25. The Morgan fingerprint density at radius 3 is 2.47 bits per heavy atom. The molecule has 0 fully saturated rings. The summed E-state index contributed by atoms with van der Waals surface area (Å²) < 4.78 is 0. The van der Waals surface area contributed by atoms with E-state index in [1.54, 1.807) is 6.07 Å². The summed E-state index contributed by atoms with van der Waals surface area (Å²) in [6.07, 6.45) is 1.27. The second kappa shape index (κ2) is 5.59. The number of halogens is 1. The number of aliphatic hydroxyl groups excluding tert-OH is 1. The van der Waals surface area contributed by atoms with Gasteiger partial charge in [0.1, 0.15) is 5.82 Å². The normalized spacial score (nSPS) is 12.4. The molecular weight excluding hydrogens is 260 g/mol. The van der Waals surface area contributed by atoms with Crippen molar-refractivity contribution in [1.29, 1.82) is 0 Å². The van der Waals surface area contributed by atoms with Crippen molar-refractivity contribution in [2.24, 2.45) is 0 Å². The maximum absolute atomic E-state index is 10.3. The molecule has 4 heteroatoms. The molecule has 1 aromatic heterocycles. The third-order valence-corrected chi connectivity index (χ3v) is 3.19. The van der Waals surface area contributed by atoms with E-state index in [0.29, 0.717) is 22.8 Å². The van der Waals surface area contributed by atoms with Crippen LogP contribution in [0.2, 0.25) is 5.02 Å². The van der Waals surface area contributed by atoms with Crippen molar-refractivity contribution >= 4 is 17.4 Å². The second-order valence-corrected chi connectivity index (χ2v) is 5.28. The van der Waals surface area contributed by atoms with Crippen LogP contribution >= 0.6 is 11.6 Å². The van der Waals surface area contributed by atoms with Gasteiger partial charge in [-0.1, -0.05) is 40.9 Å². The molecule has 1 atom stereocenters. The van der Waals surface area contributed by atoms with Gasteiger partial charge >= 0.3 is 0 Å². The first-order valence-corrected chi connectivity index (χ1v) is 6.49. The van der Waals surface area contributed by atoms with E-state index < -0.39 is 6.10 Å². The molecule has 1 heterocycles. The molecule has 1 unspecified atom stereocenters. The monoisotopic (exact) mass is 276 g/mol. The van der Waals surface area contributed by atoms with Gasteiger partial charge in [-0.05, 0) is 25.5 Å². The Balaban J connectivity index is 2.25. The first-order chi connectivity index (χ1) is 8.95. The third-order valence-electron chi connectivity index (χ3n) is 2.99. The summed E-state index contributed by atoms with van der Waals surface area (Å²) in [4.78, 5) is 3.96. The molecule has 0 saturated heterocycles. The van der Waals surface area contributed by atoms with Gasteiger partial charge in [-0.15, -0.1) is 0 Å². The topological polar surface area (TPSA) is 59.1 Å². The van der Waals surface area contributed by atoms with Gasteiger partial charge in [0.2, 0.25) is 0 Å². The maximum Gasteiger partial charge on any atom is 0.129 e. The van der Waals surface area contributed by atoms with Gasteiger partial charge in [-0.2, -0.15) is 0 Å². The minimum Gasteiger partial charge on any atom is -0.388 e. The van der Waals surface area contributed by atoms with E-state index in [4.69, 9.17) is 17.3 Å². The quantitative estimate of drug-likeness (QED) is 0.905. The van der Waals surface area contributed by atoms with E-state index in [1.165, 1.54) is 17.3 Å². The molecule has 0 spiro atoms. The third kappa shape index (κ3) is 3.46. The molecule has 100 valence electrons. The average Bonchev–Trinajstić information content (AvgIpc) is 2.30. The molecule has 3 N–H and O–H groups in total. The lowest BCUT2D eigenvalue weighted by molar-refractivity contribution is 0.179. The van der Waals surface area contributed by atoms with Crippen LogP contribution in [0.4, 0.5) is 5.82 Å². The van der Waals surface area contributed by atoms with Crippen molar-refractivity contribution in [3.63, 3.8) is 0 Å². The Morgan fingerprint density at radius 1 is 1.21 bits per heavy atom. The fourth-order valence-corrected chi connectivity index (χ4v) is 2.42. The van der Waals surface area contributed by atoms with Crippen LogP contribution in [0.15, 0.2) is 30.5 Å². The van der Waals surface area contributed by atoms with E-state index in [-0.39, 0.29) is 0 Å². The number of hydrogen-bond donors (Lipinski definition) is 2. The molecule has 0 amide bonds. The van der Waals surface area contributed by atoms with Crippen LogP contribution in [-0.4, -0.2) is 10.1 Å². The van der Waals surface area contributed by atoms with E-state index >= 15 is 0 Å². The van der Waals surface area contributed by atoms with Crippen molar-refractivity contribution in [2.45, 2.75) is 26.4 Å². The first kappa shape index (κ1) is 13.8. The van der Waals surface area contributed by atoms with E-state index in [1.807, 2.05) is 13.8 Å². The lowest BCUT2D eigenvalue weighted by Crippen LogP contribution is -2.07. The van der Waals surface area contributed by atoms with Crippen LogP contribution in [0.1, 0.15) is 28.4 Å². The number of nitrogens with two attached hydrogens (primary N) is 1. The van der Waals surface area contributed by atoms with Gasteiger partial charge in [0.25, 0.3) is 0 Å². The second-order valence-electron chi connectivity index (χ2n) is 4.84. The van der Waals surface area contributed by atoms with Crippen LogP contribution in [0.25, 0.3) is 0 Å². The molecular formula is C15H17ClN2O. The minimum absolute atomic E-state index is 0.321. The number of pyridine rings is 1. The van der Waals surface area contributed by atoms with Crippen LogP contribution in [0, 0.1) is 13.8 Å². The lowest BCUT2D eigenvalue weighted by atomic mass is 9.99. The summed E-state index contributed by atoms with van der Waals surface area (Å²) in [6.45, 7) is 4.08. The standard InChI is InChI=1S/C15H17ClN2O/c1-9-3-10(2)5-11(4-9)6-14(19)13-7-12(16)8-18-15(13)17/h3-5,7-8,14,19H,6H2,1-2H3,(H2,17,18). The zero-order valence-corrected chi connectivity index (χ0v) is 11.8. The molecule has 19 heavy (non-hydrogen) atoms. The van der Waals surface area contributed by atoms with Gasteiger partial charge in [0.15, 0.2) is 0 Å². The van der Waals surface area contributed by atoms with Gasteiger partial charge in [-0.25, -0.2) is 4.98 Å². The van der Waals surface area contributed by atoms with Gasteiger partial charge < -0.3 is 10.8 Å². The predicted molar refractivity (Wildman–Crippen MR) is 78.2 cm³/mol. The summed E-state index contributed by atoms with van der Waals surface area (Å²) >= 11 is 5.89. The Labute approximate surface area is 118 Å². The fourth-order valence-electron chi connectivity index (χ4n) is 2.25. The van der Waals surface area contributed by atoms with Crippen molar-refractivity contribution < 1.29 is 5.11 Å².